The lowest BCUT2D eigenvalue weighted by molar-refractivity contribution is 0.0954. The van der Waals surface area contributed by atoms with Gasteiger partial charge < -0.3 is 15.6 Å². The van der Waals surface area contributed by atoms with Crippen molar-refractivity contribution in [3.63, 3.8) is 0 Å². The fourth-order valence-corrected chi connectivity index (χ4v) is 1.56. The monoisotopic (exact) mass is 246 g/mol. The summed E-state index contributed by atoms with van der Waals surface area (Å²) in [6.07, 6.45) is 1.78. The fraction of sp³-hybridized carbons (Fsp3) is 0.250. The highest BCUT2D eigenvalue weighted by molar-refractivity contribution is 5.99. The number of anilines is 1. The van der Waals surface area contributed by atoms with E-state index in [9.17, 15) is 4.79 Å². The topological polar surface area (TPSA) is 94.0 Å². The van der Waals surface area contributed by atoms with Crippen molar-refractivity contribution in [3.8, 4) is 0 Å². The number of aromatic nitrogens is 2. The molecule has 0 saturated heterocycles. The molecule has 0 aliphatic heterocycles. The first-order valence-electron chi connectivity index (χ1n) is 5.57. The number of hydrogen-bond acceptors (Lipinski definition) is 5. The summed E-state index contributed by atoms with van der Waals surface area (Å²) in [7, 11) is 0. The minimum Gasteiger partial charge on any atom is -0.398 e. The summed E-state index contributed by atoms with van der Waals surface area (Å²) in [5.41, 5.74) is 7.74. The van der Waals surface area contributed by atoms with E-state index in [1.165, 1.54) is 6.39 Å². The average Bonchev–Trinajstić information content (AvgIpc) is 2.85. The quantitative estimate of drug-likeness (QED) is 0.783. The Morgan fingerprint density at radius 3 is 3.06 bits per heavy atom. The van der Waals surface area contributed by atoms with Crippen LogP contribution >= 0.6 is 0 Å². The number of nitrogens with zero attached hydrogens (tertiary/aromatic N) is 2. The normalized spacial score (nSPS) is 10.3. The van der Waals surface area contributed by atoms with Gasteiger partial charge in [0.25, 0.3) is 5.91 Å². The van der Waals surface area contributed by atoms with Crippen molar-refractivity contribution in [2.75, 3.05) is 12.3 Å². The number of carbonyl (C=O) groups excluding carboxylic acids is 1. The van der Waals surface area contributed by atoms with Gasteiger partial charge in [-0.2, -0.15) is 4.98 Å². The van der Waals surface area contributed by atoms with Gasteiger partial charge in [0, 0.05) is 18.7 Å². The number of amides is 1. The van der Waals surface area contributed by atoms with Gasteiger partial charge in [0.15, 0.2) is 5.82 Å². The van der Waals surface area contributed by atoms with Crippen LogP contribution in [-0.2, 0) is 6.42 Å². The molecule has 1 aromatic carbocycles. The summed E-state index contributed by atoms with van der Waals surface area (Å²) in [5, 5.41) is 6.42. The zero-order valence-electron chi connectivity index (χ0n) is 10.0. The molecule has 0 spiro atoms. The van der Waals surface area contributed by atoms with Gasteiger partial charge in [-0.05, 0) is 18.6 Å². The largest absolute Gasteiger partial charge is 0.398 e. The zero-order valence-corrected chi connectivity index (χ0v) is 10.0. The van der Waals surface area contributed by atoms with Crippen LogP contribution in [0.3, 0.4) is 0 Å². The maximum Gasteiger partial charge on any atom is 0.253 e. The van der Waals surface area contributed by atoms with Gasteiger partial charge in [-0.1, -0.05) is 17.3 Å². The van der Waals surface area contributed by atoms with E-state index in [0.29, 0.717) is 30.0 Å². The maximum absolute atomic E-state index is 11.9. The Hall–Kier alpha value is -2.37. The SMILES string of the molecule is Cc1cccc(C(=O)NCCc2ncon2)c1N. The van der Waals surface area contributed by atoms with Crippen molar-refractivity contribution in [2.24, 2.45) is 0 Å². The molecule has 6 heteroatoms. The number of nitrogens with two attached hydrogens (primary N) is 1. The Labute approximate surface area is 104 Å². The van der Waals surface area contributed by atoms with Crippen molar-refractivity contribution < 1.29 is 9.32 Å². The van der Waals surface area contributed by atoms with Gasteiger partial charge in [-0.3, -0.25) is 4.79 Å². The third-order valence-corrected chi connectivity index (χ3v) is 2.61. The summed E-state index contributed by atoms with van der Waals surface area (Å²) in [6.45, 7) is 2.30. The summed E-state index contributed by atoms with van der Waals surface area (Å²) in [6, 6.07) is 5.37. The molecule has 0 fully saturated rings. The highest BCUT2D eigenvalue weighted by atomic mass is 16.5. The van der Waals surface area contributed by atoms with Crippen molar-refractivity contribution in [3.05, 3.63) is 41.5 Å². The van der Waals surface area contributed by atoms with Crippen LogP contribution in [0.1, 0.15) is 21.7 Å². The molecule has 0 aliphatic carbocycles. The molecule has 0 saturated carbocycles. The number of nitrogens with one attached hydrogen (secondary N) is 1. The van der Waals surface area contributed by atoms with Gasteiger partial charge in [0.1, 0.15) is 0 Å². The van der Waals surface area contributed by atoms with E-state index >= 15 is 0 Å². The average molecular weight is 246 g/mol. The Morgan fingerprint density at radius 2 is 2.33 bits per heavy atom. The molecule has 2 rings (SSSR count). The number of benzene rings is 1. The van der Waals surface area contributed by atoms with E-state index in [1.54, 1.807) is 12.1 Å². The zero-order chi connectivity index (χ0) is 13.0. The molecule has 0 bridgehead atoms. The minimum atomic E-state index is -0.195. The van der Waals surface area contributed by atoms with Crippen LogP contribution < -0.4 is 11.1 Å². The highest BCUT2D eigenvalue weighted by Gasteiger charge is 2.10. The second-order valence-electron chi connectivity index (χ2n) is 3.89. The Morgan fingerprint density at radius 1 is 1.50 bits per heavy atom. The molecule has 0 atom stereocenters. The van der Waals surface area contributed by atoms with Crippen molar-refractivity contribution in [1.82, 2.24) is 15.5 Å². The first-order chi connectivity index (χ1) is 8.68. The molecular weight excluding hydrogens is 232 g/mol. The van der Waals surface area contributed by atoms with Crippen molar-refractivity contribution in [1.29, 1.82) is 0 Å². The summed E-state index contributed by atoms with van der Waals surface area (Å²) < 4.78 is 4.60. The first kappa shape index (κ1) is 12.1. The molecule has 18 heavy (non-hydrogen) atoms. The van der Waals surface area contributed by atoms with Crippen LogP contribution in [0, 0.1) is 6.92 Å². The van der Waals surface area contributed by atoms with E-state index in [2.05, 4.69) is 20.0 Å². The number of nitrogen functional groups attached to an aromatic ring is 1. The first-order valence-corrected chi connectivity index (χ1v) is 5.57. The van der Waals surface area contributed by atoms with Gasteiger partial charge in [-0.15, -0.1) is 0 Å². The van der Waals surface area contributed by atoms with Crippen LogP contribution in [0.4, 0.5) is 5.69 Å². The molecule has 0 aliphatic rings. The predicted molar refractivity (Wildman–Crippen MR) is 65.9 cm³/mol. The third-order valence-electron chi connectivity index (χ3n) is 2.61. The van der Waals surface area contributed by atoms with E-state index in [1.807, 2.05) is 13.0 Å². The summed E-state index contributed by atoms with van der Waals surface area (Å²) in [4.78, 5) is 15.8. The van der Waals surface area contributed by atoms with Gasteiger partial charge in [0.2, 0.25) is 6.39 Å². The molecule has 1 amide bonds. The van der Waals surface area contributed by atoms with Crippen molar-refractivity contribution in [2.45, 2.75) is 13.3 Å². The Bertz CT molecular complexity index is 537. The second-order valence-corrected chi connectivity index (χ2v) is 3.89. The summed E-state index contributed by atoms with van der Waals surface area (Å²) >= 11 is 0. The lowest BCUT2D eigenvalue weighted by Gasteiger charge is -2.08. The summed E-state index contributed by atoms with van der Waals surface area (Å²) in [5.74, 6) is 0.368. The number of aryl methyl sites for hydroxylation is 1. The highest BCUT2D eigenvalue weighted by Crippen LogP contribution is 2.15. The van der Waals surface area contributed by atoms with Crippen LogP contribution in [0.5, 0.6) is 0 Å². The van der Waals surface area contributed by atoms with Crippen LogP contribution in [-0.4, -0.2) is 22.6 Å². The molecular formula is C12H14N4O2. The van der Waals surface area contributed by atoms with E-state index in [4.69, 9.17) is 5.73 Å². The molecule has 3 N–H and O–H groups in total. The van der Waals surface area contributed by atoms with Crippen LogP contribution in [0.15, 0.2) is 29.1 Å². The van der Waals surface area contributed by atoms with E-state index in [-0.39, 0.29) is 5.91 Å². The van der Waals surface area contributed by atoms with Crippen LogP contribution in [0.25, 0.3) is 0 Å². The van der Waals surface area contributed by atoms with Gasteiger partial charge >= 0.3 is 0 Å². The standard InChI is InChI=1S/C12H14N4O2/c1-8-3-2-4-9(11(8)13)12(17)14-6-5-10-15-7-18-16-10/h2-4,7H,5-6,13H2,1H3,(H,14,17). The lowest BCUT2D eigenvalue weighted by Crippen LogP contribution is -2.26. The Kier molecular flexibility index (Phi) is 3.57. The third kappa shape index (κ3) is 2.65. The fourth-order valence-electron chi connectivity index (χ4n) is 1.56. The smallest absolute Gasteiger partial charge is 0.253 e. The predicted octanol–water partition coefficient (Wildman–Crippen LogP) is 0.933. The van der Waals surface area contributed by atoms with Gasteiger partial charge in [-0.25, -0.2) is 0 Å². The second kappa shape index (κ2) is 5.31. The van der Waals surface area contributed by atoms with Crippen LogP contribution in [0.2, 0.25) is 0 Å². The molecule has 0 radical (unpaired) electrons. The molecule has 1 heterocycles. The number of hydrogen-bond donors (Lipinski definition) is 2. The maximum atomic E-state index is 11.9. The minimum absolute atomic E-state index is 0.195. The molecule has 2 aromatic rings. The number of rotatable bonds is 4. The Balaban J connectivity index is 1.93. The molecule has 0 unspecified atom stereocenters. The number of carbonyl (C=O) groups is 1. The van der Waals surface area contributed by atoms with E-state index < -0.39 is 0 Å². The number of para-hydroxylation sites is 1. The molecule has 6 nitrogen and oxygen atoms in total. The van der Waals surface area contributed by atoms with E-state index in [0.717, 1.165) is 5.56 Å². The molecule has 1 aromatic heterocycles. The lowest BCUT2D eigenvalue weighted by atomic mass is 10.1. The molecule has 94 valence electrons. The van der Waals surface area contributed by atoms with Crippen molar-refractivity contribution >= 4 is 11.6 Å². The van der Waals surface area contributed by atoms with Gasteiger partial charge in [0.05, 0.1) is 5.56 Å².